The summed E-state index contributed by atoms with van der Waals surface area (Å²) in [5.74, 6) is 0.299. The van der Waals surface area contributed by atoms with Gasteiger partial charge in [0.05, 0.1) is 6.10 Å². The summed E-state index contributed by atoms with van der Waals surface area (Å²) in [6, 6.07) is 4.12. The molecule has 0 amide bonds. The minimum absolute atomic E-state index is 0.138. The molecule has 1 aromatic rings. The Morgan fingerprint density at radius 1 is 1.62 bits per heavy atom. The number of ether oxygens (including phenoxy) is 1. The Labute approximate surface area is 82.2 Å². The van der Waals surface area contributed by atoms with Crippen molar-refractivity contribution in [1.29, 1.82) is 0 Å². The lowest BCUT2D eigenvalue weighted by atomic mass is 9.94. The molecule has 2 heterocycles. The topological polar surface area (TPSA) is 29.5 Å². The number of aliphatic hydroxyl groups is 1. The summed E-state index contributed by atoms with van der Waals surface area (Å²) >= 11 is 1.71. The highest BCUT2D eigenvalue weighted by Crippen LogP contribution is 2.35. The highest BCUT2D eigenvalue weighted by atomic mass is 32.1. The molecule has 0 aromatic carbocycles. The van der Waals surface area contributed by atoms with Crippen LogP contribution in [0.25, 0.3) is 0 Å². The molecule has 1 aromatic heterocycles. The summed E-state index contributed by atoms with van der Waals surface area (Å²) in [5.41, 5.74) is 0. The molecule has 1 aliphatic heterocycles. The van der Waals surface area contributed by atoms with Crippen molar-refractivity contribution in [1.82, 2.24) is 0 Å². The van der Waals surface area contributed by atoms with Gasteiger partial charge >= 0.3 is 0 Å². The van der Waals surface area contributed by atoms with Crippen LogP contribution >= 0.6 is 11.3 Å². The van der Waals surface area contributed by atoms with Crippen LogP contribution in [0, 0.1) is 5.92 Å². The molecule has 0 spiro atoms. The van der Waals surface area contributed by atoms with Gasteiger partial charge in [-0.15, -0.1) is 11.3 Å². The maximum absolute atomic E-state index is 9.18. The molecule has 2 rings (SSSR count). The van der Waals surface area contributed by atoms with Crippen molar-refractivity contribution in [2.75, 3.05) is 13.2 Å². The van der Waals surface area contributed by atoms with Crippen LogP contribution < -0.4 is 0 Å². The van der Waals surface area contributed by atoms with E-state index in [9.17, 15) is 5.11 Å². The van der Waals surface area contributed by atoms with Crippen LogP contribution in [0.1, 0.15) is 23.8 Å². The zero-order chi connectivity index (χ0) is 9.10. The molecule has 2 nitrogen and oxygen atoms in total. The Morgan fingerprint density at radius 2 is 2.54 bits per heavy atom. The number of rotatable bonds is 2. The number of hydrogen-bond donors (Lipinski definition) is 1. The summed E-state index contributed by atoms with van der Waals surface area (Å²) in [4.78, 5) is 1.25. The van der Waals surface area contributed by atoms with Gasteiger partial charge in [0.25, 0.3) is 0 Å². The van der Waals surface area contributed by atoms with Gasteiger partial charge in [-0.05, 0) is 24.3 Å². The minimum atomic E-state index is 0.138. The summed E-state index contributed by atoms with van der Waals surface area (Å²) in [7, 11) is 0. The fourth-order valence-electron chi connectivity index (χ4n) is 1.80. The number of aliphatic hydroxyl groups excluding tert-OH is 1. The van der Waals surface area contributed by atoms with Crippen LogP contribution in [0.2, 0.25) is 0 Å². The van der Waals surface area contributed by atoms with E-state index in [1.165, 1.54) is 4.88 Å². The molecule has 13 heavy (non-hydrogen) atoms. The molecule has 0 aliphatic carbocycles. The van der Waals surface area contributed by atoms with Gasteiger partial charge in [-0.25, -0.2) is 0 Å². The predicted molar refractivity (Wildman–Crippen MR) is 52.8 cm³/mol. The van der Waals surface area contributed by atoms with E-state index >= 15 is 0 Å². The van der Waals surface area contributed by atoms with Gasteiger partial charge in [-0.2, -0.15) is 0 Å². The summed E-state index contributed by atoms with van der Waals surface area (Å²) in [5, 5.41) is 11.2. The van der Waals surface area contributed by atoms with Gasteiger partial charge in [0.1, 0.15) is 0 Å². The summed E-state index contributed by atoms with van der Waals surface area (Å²) in [6.07, 6.45) is 2.30. The second-order valence-corrected chi connectivity index (χ2v) is 4.37. The van der Waals surface area contributed by atoms with Crippen LogP contribution in [0.4, 0.5) is 0 Å². The van der Waals surface area contributed by atoms with E-state index in [0.29, 0.717) is 5.92 Å². The smallest absolute Gasteiger partial charge is 0.0966 e. The third-order valence-corrected chi connectivity index (χ3v) is 3.44. The molecule has 1 saturated heterocycles. The largest absolute Gasteiger partial charge is 0.396 e. The lowest BCUT2D eigenvalue weighted by Gasteiger charge is -2.29. The molecule has 0 radical (unpaired) electrons. The lowest BCUT2D eigenvalue weighted by molar-refractivity contribution is -0.0437. The Kier molecular flexibility index (Phi) is 2.98. The molecule has 1 fully saturated rings. The van der Waals surface area contributed by atoms with Crippen molar-refractivity contribution in [3.8, 4) is 0 Å². The molecule has 2 atom stereocenters. The second-order valence-electron chi connectivity index (χ2n) is 3.39. The van der Waals surface area contributed by atoms with E-state index in [1.54, 1.807) is 11.3 Å². The third-order valence-electron chi connectivity index (χ3n) is 2.50. The van der Waals surface area contributed by atoms with E-state index in [4.69, 9.17) is 4.74 Å². The first-order chi connectivity index (χ1) is 6.42. The van der Waals surface area contributed by atoms with Crippen LogP contribution in [-0.2, 0) is 4.74 Å². The maximum Gasteiger partial charge on any atom is 0.0966 e. The molecule has 3 heteroatoms. The van der Waals surface area contributed by atoms with E-state index in [2.05, 4.69) is 11.4 Å². The normalized spacial score (nSPS) is 29.0. The van der Waals surface area contributed by atoms with Crippen molar-refractivity contribution in [3.63, 3.8) is 0 Å². The first-order valence-corrected chi connectivity index (χ1v) is 5.55. The third kappa shape index (κ3) is 1.93. The zero-order valence-corrected chi connectivity index (χ0v) is 8.30. The van der Waals surface area contributed by atoms with Gasteiger partial charge in [-0.1, -0.05) is 6.07 Å². The van der Waals surface area contributed by atoms with E-state index in [-0.39, 0.29) is 12.7 Å². The van der Waals surface area contributed by atoms with Gasteiger partial charge in [-0.3, -0.25) is 0 Å². The summed E-state index contributed by atoms with van der Waals surface area (Å²) in [6.45, 7) is 1.07. The van der Waals surface area contributed by atoms with Crippen LogP contribution in [0.5, 0.6) is 0 Å². The Balaban J connectivity index is 2.11. The van der Waals surface area contributed by atoms with Gasteiger partial charge < -0.3 is 9.84 Å². The molecule has 1 aliphatic rings. The lowest BCUT2D eigenvalue weighted by Crippen LogP contribution is -2.24. The van der Waals surface area contributed by atoms with Crippen molar-refractivity contribution in [2.45, 2.75) is 18.9 Å². The van der Waals surface area contributed by atoms with Crippen LogP contribution in [0.3, 0.4) is 0 Å². The fourth-order valence-corrected chi connectivity index (χ4v) is 2.66. The van der Waals surface area contributed by atoms with Crippen molar-refractivity contribution >= 4 is 11.3 Å². The van der Waals surface area contributed by atoms with Gasteiger partial charge in [0.15, 0.2) is 0 Å². The maximum atomic E-state index is 9.18. The number of hydrogen-bond acceptors (Lipinski definition) is 3. The van der Waals surface area contributed by atoms with E-state index < -0.39 is 0 Å². The highest BCUT2D eigenvalue weighted by molar-refractivity contribution is 7.10. The first-order valence-electron chi connectivity index (χ1n) is 4.67. The zero-order valence-electron chi connectivity index (χ0n) is 7.48. The van der Waals surface area contributed by atoms with E-state index in [0.717, 1.165) is 19.4 Å². The molecule has 2 unspecified atom stereocenters. The van der Waals surface area contributed by atoms with Crippen LogP contribution in [0.15, 0.2) is 17.5 Å². The molecule has 0 bridgehead atoms. The molecular weight excluding hydrogens is 184 g/mol. The molecule has 1 N–H and O–H groups in total. The van der Waals surface area contributed by atoms with Crippen molar-refractivity contribution in [3.05, 3.63) is 22.4 Å². The van der Waals surface area contributed by atoms with Gasteiger partial charge in [0, 0.05) is 24.0 Å². The monoisotopic (exact) mass is 198 g/mol. The Morgan fingerprint density at radius 3 is 3.23 bits per heavy atom. The Bertz CT molecular complexity index is 245. The average Bonchev–Trinajstić information content (AvgIpc) is 2.70. The molecule has 0 saturated carbocycles. The molecule has 72 valence electrons. The van der Waals surface area contributed by atoms with Crippen molar-refractivity contribution < 1.29 is 9.84 Å². The standard InChI is InChI=1S/C10H14O2S/c11-7-8-3-1-5-12-10(8)9-4-2-6-13-9/h2,4,6,8,10-11H,1,3,5,7H2. The van der Waals surface area contributed by atoms with Crippen molar-refractivity contribution in [2.24, 2.45) is 5.92 Å². The predicted octanol–water partition coefficient (Wildman–Crippen LogP) is 2.21. The highest BCUT2D eigenvalue weighted by Gasteiger charge is 2.27. The van der Waals surface area contributed by atoms with Crippen LogP contribution in [-0.4, -0.2) is 18.3 Å². The minimum Gasteiger partial charge on any atom is -0.396 e. The quantitative estimate of drug-likeness (QED) is 0.789. The first kappa shape index (κ1) is 9.19. The summed E-state index contributed by atoms with van der Waals surface area (Å²) < 4.78 is 5.68. The average molecular weight is 198 g/mol. The van der Waals surface area contributed by atoms with Gasteiger partial charge in [0.2, 0.25) is 0 Å². The Hall–Kier alpha value is -0.380. The fraction of sp³-hybridized carbons (Fsp3) is 0.600. The molecular formula is C10H14O2S. The SMILES string of the molecule is OCC1CCCOC1c1cccs1. The van der Waals surface area contributed by atoms with E-state index in [1.807, 2.05) is 6.07 Å². The number of thiophene rings is 1. The second kappa shape index (κ2) is 4.22.